The van der Waals surface area contributed by atoms with Crippen molar-refractivity contribution in [3.05, 3.63) is 42.0 Å². The summed E-state index contributed by atoms with van der Waals surface area (Å²) in [6.45, 7) is -1.41. The molecule has 1 N–H and O–H groups in total. The molecular formula is C13H9F3O3. The Morgan fingerprint density at radius 2 is 1.74 bits per heavy atom. The van der Waals surface area contributed by atoms with Crippen LogP contribution in [0.4, 0.5) is 13.2 Å². The molecule has 0 saturated carbocycles. The molecule has 0 radical (unpaired) electrons. The molecule has 0 aliphatic heterocycles. The van der Waals surface area contributed by atoms with Crippen LogP contribution in [-0.4, -0.2) is 23.9 Å². The largest absolute Gasteiger partial charge is 0.483 e. The van der Waals surface area contributed by atoms with Gasteiger partial charge in [-0.2, -0.15) is 13.2 Å². The lowest BCUT2D eigenvalue weighted by Gasteiger charge is -2.12. The number of ether oxygens (including phenoxy) is 1. The third-order valence-corrected chi connectivity index (χ3v) is 2.51. The van der Waals surface area contributed by atoms with Crippen LogP contribution in [-0.2, 0) is 0 Å². The number of carboxylic acids is 1. The third kappa shape index (κ3) is 2.96. The summed E-state index contributed by atoms with van der Waals surface area (Å²) in [6.07, 6.45) is -4.44. The summed E-state index contributed by atoms with van der Waals surface area (Å²) in [6, 6.07) is 8.73. The zero-order chi connectivity index (χ0) is 14.0. The second-order valence-corrected chi connectivity index (χ2v) is 3.87. The summed E-state index contributed by atoms with van der Waals surface area (Å²) in [7, 11) is 0. The predicted octanol–water partition coefficient (Wildman–Crippen LogP) is 3.48. The molecule has 2 rings (SSSR count). The van der Waals surface area contributed by atoms with Gasteiger partial charge in [0.2, 0.25) is 0 Å². The van der Waals surface area contributed by atoms with Crippen molar-refractivity contribution in [3.63, 3.8) is 0 Å². The Balaban J connectivity index is 2.47. The second kappa shape index (κ2) is 4.79. The van der Waals surface area contributed by atoms with Gasteiger partial charge in [-0.1, -0.05) is 24.3 Å². The topological polar surface area (TPSA) is 46.5 Å². The molecule has 2 aromatic rings. The minimum atomic E-state index is -4.44. The highest BCUT2D eigenvalue weighted by Gasteiger charge is 2.28. The first-order valence-electron chi connectivity index (χ1n) is 5.33. The summed E-state index contributed by atoms with van der Waals surface area (Å²) in [4.78, 5) is 11.0. The number of rotatable bonds is 3. The minimum absolute atomic E-state index is 0.0120. The van der Waals surface area contributed by atoms with Gasteiger partial charge in [0.1, 0.15) is 5.75 Å². The molecule has 0 saturated heterocycles. The first-order chi connectivity index (χ1) is 8.88. The van der Waals surface area contributed by atoms with Crippen molar-refractivity contribution in [2.24, 2.45) is 0 Å². The summed E-state index contributed by atoms with van der Waals surface area (Å²) < 4.78 is 41.1. The maximum Gasteiger partial charge on any atom is 0.422 e. The molecular weight excluding hydrogens is 261 g/mol. The van der Waals surface area contributed by atoms with Gasteiger partial charge < -0.3 is 9.84 Å². The molecule has 19 heavy (non-hydrogen) atoms. The molecule has 0 aliphatic rings. The van der Waals surface area contributed by atoms with E-state index in [1.165, 1.54) is 24.3 Å². The lowest BCUT2D eigenvalue weighted by atomic mass is 10.0. The number of aromatic carboxylic acids is 1. The van der Waals surface area contributed by atoms with E-state index < -0.39 is 18.8 Å². The van der Waals surface area contributed by atoms with E-state index >= 15 is 0 Å². The van der Waals surface area contributed by atoms with Gasteiger partial charge in [-0.3, -0.25) is 0 Å². The average molecular weight is 270 g/mol. The molecule has 0 heterocycles. The first-order valence-corrected chi connectivity index (χ1v) is 5.33. The van der Waals surface area contributed by atoms with E-state index in [0.29, 0.717) is 10.8 Å². The summed E-state index contributed by atoms with van der Waals surface area (Å²) in [5.74, 6) is -1.13. The van der Waals surface area contributed by atoms with Crippen molar-refractivity contribution in [1.82, 2.24) is 0 Å². The molecule has 0 aliphatic carbocycles. The lowest BCUT2D eigenvalue weighted by molar-refractivity contribution is -0.153. The van der Waals surface area contributed by atoms with Gasteiger partial charge in [-0.05, 0) is 17.5 Å². The molecule has 0 fully saturated rings. The quantitative estimate of drug-likeness (QED) is 0.928. The summed E-state index contributed by atoms with van der Waals surface area (Å²) in [5, 5.41) is 9.69. The van der Waals surface area contributed by atoms with Crippen molar-refractivity contribution in [3.8, 4) is 5.75 Å². The van der Waals surface area contributed by atoms with Gasteiger partial charge in [0.15, 0.2) is 6.61 Å². The molecule has 0 spiro atoms. The summed E-state index contributed by atoms with van der Waals surface area (Å²) >= 11 is 0. The Hall–Kier alpha value is -2.24. The van der Waals surface area contributed by atoms with E-state index in [2.05, 4.69) is 0 Å². The normalized spacial score (nSPS) is 11.5. The van der Waals surface area contributed by atoms with Crippen LogP contribution in [0.15, 0.2) is 36.4 Å². The molecule has 100 valence electrons. The van der Waals surface area contributed by atoms with Crippen LogP contribution in [0.5, 0.6) is 5.75 Å². The van der Waals surface area contributed by atoms with Crippen molar-refractivity contribution in [2.45, 2.75) is 6.18 Å². The molecule has 6 heteroatoms. The van der Waals surface area contributed by atoms with Gasteiger partial charge >= 0.3 is 12.1 Å². The smallest absolute Gasteiger partial charge is 0.422 e. The van der Waals surface area contributed by atoms with E-state index in [4.69, 9.17) is 9.84 Å². The maximum absolute atomic E-state index is 12.1. The van der Waals surface area contributed by atoms with Crippen molar-refractivity contribution in [2.75, 3.05) is 6.61 Å². The fourth-order valence-corrected chi connectivity index (χ4v) is 1.74. The van der Waals surface area contributed by atoms with Crippen LogP contribution in [0.3, 0.4) is 0 Å². The van der Waals surface area contributed by atoms with Gasteiger partial charge in [0.25, 0.3) is 0 Å². The number of alkyl halides is 3. The number of hydrogen-bond acceptors (Lipinski definition) is 2. The number of halogens is 3. The number of benzene rings is 2. The number of hydrogen-bond donors (Lipinski definition) is 1. The molecule has 0 atom stereocenters. The Labute approximate surface area is 106 Å². The van der Waals surface area contributed by atoms with Crippen molar-refractivity contribution in [1.29, 1.82) is 0 Å². The molecule has 0 aromatic heterocycles. The maximum atomic E-state index is 12.1. The van der Waals surface area contributed by atoms with Crippen LogP contribution >= 0.6 is 0 Å². The average Bonchev–Trinajstić information content (AvgIpc) is 2.34. The van der Waals surface area contributed by atoms with Gasteiger partial charge in [0, 0.05) is 5.39 Å². The molecule has 0 amide bonds. The molecule has 0 bridgehead atoms. The lowest BCUT2D eigenvalue weighted by Crippen LogP contribution is -2.19. The second-order valence-electron chi connectivity index (χ2n) is 3.87. The van der Waals surface area contributed by atoms with Crippen molar-refractivity contribution >= 4 is 16.7 Å². The highest BCUT2D eigenvalue weighted by molar-refractivity contribution is 6.05. The van der Waals surface area contributed by atoms with Crippen molar-refractivity contribution < 1.29 is 27.8 Å². The Morgan fingerprint density at radius 3 is 2.32 bits per heavy atom. The van der Waals surface area contributed by atoms with Crippen LogP contribution in [0.2, 0.25) is 0 Å². The highest BCUT2D eigenvalue weighted by Crippen LogP contribution is 2.29. The number of carboxylic acid groups (broad SMARTS) is 1. The van der Waals surface area contributed by atoms with Gasteiger partial charge in [0.05, 0.1) is 5.56 Å². The first kappa shape index (κ1) is 13.2. The third-order valence-electron chi connectivity index (χ3n) is 2.51. The van der Waals surface area contributed by atoms with Gasteiger partial charge in [-0.25, -0.2) is 4.79 Å². The fraction of sp³-hybridized carbons (Fsp3) is 0.154. The van der Waals surface area contributed by atoms with Crippen LogP contribution in [0, 0.1) is 0 Å². The summed E-state index contributed by atoms with van der Waals surface area (Å²) in [5.41, 5.74) is 0.0231. The standard InChI is InChI=1S/C13H9F3O3/c14-13(15,16)7-19-11-6-5-10(12(17)18)8-3-1-2-4-9(8)11/h1-6H,7H2,(H,17,18). The molecule has 0 unspecified atom stereocenters. The molecule has 2 aromatic carbocycles. The zero-order valence-corrected chi connectivity index (χ0v) is 9.57. The van der Waals surface area contributed by atoms with E-state index in [-0.39, 0.29) is 11.3 Å². The van der Waals surface area contributed by atoms with E-state index in [1.54, 1.807) is 12.1 Å². The van der Waals surface area contributed by atoms with Gasteiger partial charge in [-0.15, -0.1) is 0 Å². The SMILES string of the molecule is O=C(O)c1ccc(OCC(F)(F)F)c2ccccc12. The van der Waals surface area contributed by atoms with Crippen LogP contribution in [0.25, 0.3) is 10.8 Å². The minimum Gasteiger partial charge on any atom is -0.483 e. The number of fused-ring (bicyclic) bond motifs is 1. The fourth-order valence-electron chi connectivity index (χ4n) is 1.74. The van der Waals surface area contributed by atoms with E-state index in [9.17, 15) is 18.0 Å². The van der Waals surface area contributed by atoms with Crippen LogP contribution < -0.4 is 4.74 Å². The molecule has 3 nitrogen and oxygen atoms in total. The Morgan fingerprint density at radius 1 is 1.11 bits per heavy atom. The number of carbonyl (C=O) groups is 1. The highest BCUT2D eigenvalue weighted by atomic mass is 19.4. The van der Waals surface area contributed by atoms with E-state index in [0.717, 1.165) is 0 Å². The Kier molecular flexibility index (Phi) is 3.33. The van der Waals surface area contributed by atoms with E-state index in [1.807, 2.05) is 0 Å². The van der Waals surface area contributed by atoms with Crippen LogP contribution in [0.1, 0.15) is 10.4 Å². The zero-order valence-electron chi connectivity index (χ0n) is 9.57. The Bertz CT molecular complexity index is 620. The monoisotopic (exact) mass is 270 g/mol. The predicted molar refractivity (Wildman–Crippen MR) is 62.5 cm³/mol.